The summed E-state index contributed by atoms with van der Waals surface area (Å²) in [5.41, 5.74) is 0.402. The summed E-state index contributed by atoms with van der Waals surface area (Å²) < 4.78 is 5.06. The Balaban J connectivity index is 2.55. The lowest BCUT2D eigenvalue weighted by Crippen LogP contribution is -2.31. The van der Waals surface area contributed by atoms with E-state index in [1.54, 1.807) is 0 Å². The minimum Gasteiger partial charge on any atom is -0.495 e. The van der Waals surface area contributed by atoms with Gasteiger partial charge in [-0.2, -0.15) is 0 Å². The molecule has 0 spiro atoms. The van der Waals surface area contributed by atoms with Gasteiger partial charge in [-0.3, -0.25) is 9.59 Å². The molecule has 6 nitrogen and oxygen atoms in total. The molecule has 0 saturated heterocycles. The van der Waals surface area contributed by atoms with Gasteiger partial charge in [0.15, 0.2) is 0 Å². The topological polar surface area (TPSA) is 83.9 Å². The van der Waals surface area contributed by atoms with Crippen LogP contribution in [0, 0.1) is 0 Å². The molecule has 1 aliphatic rings. The molecular formula is C13H11NO5. The first kappa shape index (κ1) is 12.8. The normalized spacial score (nSPS) is 14.6. The monoisotopic (exact) mass is 261 g/mol. The molecule has 6 heteroatoms. The fraction of sp³-hybridized carbons (Fsp3) is 0.154. The average Bonchev–Trinajstić information content (AvgIpc) is 2.62. The molecule has 98 valence electrons. The van der Waals surface area contributed by atoms with Gasteiger partial charge in [-0.15, -0.1) is 0 Å². The predicted octanol–water partition coefficient (Wildman–Crippen LogP) is 1.21. The number of ether oxygens (including phenoxy) is 1. The van der Waals surface area contributed by atoms with Crippen LogP contribution in [-0.4, -0.2) is 30.0 Å². The van der Waals surface area contributed by atoms with Crippen molar-refractivity contribution in [1.29, 1.82) is 0 Å². The van der Waals surface area contributed by atoms with Crippen LogP contribution in [0.5, 0.6) is 5.75 Å². The molecule has 1 aliphatic heterocycles. The van der Waals surface area contributed by atoms with Gasteiger partial charge in [-0.25, -0.2) is 9.69 Å². The van der Waals surface area contributed by atoms with E-state index < -0.39 is 17.8 Å². The molecule has 0 unspecified atom stereocenters. The van der Waals surface area contributed by atoms with E-state index in [9.17, 15) is 14.4 Å². The van der Waals surface area contributed by atoms with Crippen molar-refractivity contribution in [2.24, 2.45) is 0 Å². The Hall–Kier alpha value is -2.63. The zero-order chi connectivity index (χ0) is 14.2. The van der Waals surface area contributed by atoms with Gasteiger partial charge in [-0.1, -0.05) is 0 Å². The van der Waals surface area contributed by atoms with Crippen LogP contribution in [0.3, 0.4) is 0 Å². The summed E-state index contributed by atoms with van der Waals surface area (Å²) in [6, 6.07) is 3.99. The Kier molecular flexibility index (Phi) is 3.08. The number of amides is 2. The molecule has 1 aromatic carbocycles. The number of carboxylic acid groups (broad SMARTS) is 1. The Morgan fingerprint density at radius 2 is 2.00 bits per heavy atom. The van der Waals surface area contributed by atoms with E-state index in [1.807, 2.05) is 0 Å². The number of methoxy groups -OCH3 is 1. The Morgan fingerprint density at radius 3 is 2.47 bits per heavy atom. The highest BCUT2D eigenvalue weighted by Crippen LogP contribution is 2.32. The van der Waals surface area contributed by atoms with Gasteiger partial charge in [0.05, 0.1) is 18.4 Å². The molecule has 2 amide bonds. The SMILES string of the molecule is COc1ccc(C(=O)O)cc1N1C(=O)C=C(C)C1=O. The number of carbonyl (C=O) groups is 3. The number of aromatic carboxylic acids is 1. The largest absolute Gasteiger partial charge is 0.495 e. The van der Waals surface area contributed by atoms with E-state index in [-0.39, 0.29) is 17.0 Å². The Bertz CT molecular complexity index is 617. The van der Waals surface area contributed by atoms with Crippen LogP contribution in [0.25, 0.3) is 0 Å². The fourth-order valence-electron chi connectivity index (χ4n) is 1.81. The molecule has 19 heavy (non-hydrogen) atoms. The number of nitrogens with zero attached hydrogens (tertiary/aromatic N) is 1. The summed E-state index contributed by atoms with van der Waals surface area (Å²) in [5.74, 6) is -1.88. The number of hydrogen-bond donors (Lipinski definition) is 1. The minimum absolute atomic E-state index is 0.0269. The van der Waals surface area contributed by atoms with Crippen LogP contribution < -0.4 is 9.64 Å². The second-order valence-electron chi connectivity index (χ2n) is 4.00. The van der Waals surface area contributed by atoms with Gasteiger partial charge in [0.1, 0.15) is 5.75 Å². The van der Waals surface area contributed by atoms with Crippen molar-refractivity contribution in [3.63, 3.8) is 0 Å². The molecule has 2 rings (SSSR count). The van der Waals surface area contributed by atoms with Gasteiger partial charge in [0, 0.05) is 11.6 Å². The standard InChI is InChI=1S/C13H11NO5/c1-7-5-11(15)14(12(7)16)9-6-8(13(17)18)3-4-10(9)19-2/h3-6H,1-2H3,(H,17,18). The predicted molar refractivity (Wildman–Crippen MR) is 66.2 cm³/mol. The second kappa shape index (κ2) is 4.56. The van der Waals surface area contributed by atoms with Crippen LogP contribution in [0.4, 0.5) is 5.69 Å². The third kappa shape index (κ3) is 2.08. The van der Waals surface area contributed by atoms with Crippen molar-refractivity contribution in [1.82, 2.24) is 0 Å². The average molecular weight is 261 g/mol. The number of anilines is 1. The van der Waals surface area contributed by atoms with Crippen molar-refractivity contribution in [2.45, 2.75) is 6.92 Å². The summed E-state index contributed by atoms with van der Waals surface area (Å²) in [6.45, 7) is 1.52. The molecule has 0 aromatic heterocycles. The molecule has 0 atom stereocenters. The van der Waals surface area contributed by atoms with Gasteiger partial charge in [0.2, 0.25) is 0 Å². The van der Waals surface area contributed by atoms with Gasteiger partial charge in [-0.05, 0) is 25.1 Å². The van der Waals surface area contributed by atoms with Crippen molar-refractivity contribution in [3.8, 4) is 5.75 Å². The molecule has 1 N–H and O–H groups in total. The lowest BCUT2D eigenvalue weighted by Gasteiger charge is -2.18. The number of rotatable bonds is 3. The van der Waals surface area contributed by atoms with E-state index in [2.05, 4.69) is 0 Å². The van der Waals surface area contributed by atoms with Gasteiger partial charge in [0.25, 0.3) is 11.8 Å². The van der Waals surface area contributed by atoms with Crippen LogP contribution in [0.15, 0.2) is 29.8 Å². The molecule has 1 heterocycles. The lowest BCUT2D eigenvalue weighted by molar-refractivity contribution is -0.120. The van der Waals surface area contributed by atoms with Crippen LogP contribution in [0.1, 0.15) is 17.3 Å². The summed E-state index contributed by atoms with van der Waals surface area (Å²) in [6.07, 6.45) is 1.20. The molecule has 0 fully saturated rings. The quantitative estimate of drug-likeness (QED) is 0.827. The molecule has 1 aromatic rings. The van der Waals surface area contributed by atoms with Crippen molar-refractivity contribution < 1.29 is 24.2 Å². The van der Waals surface area contributed by atoms with Crippen molar-refractivity contribution in [2.75, 3.05) is 12.0 Å². The first-order chi connectivity index (χ1) is 8.95. The maximum Gasteiger partial charge on any atom is 0.335 e. The molecular weight excluding hydrogens is 250 g/mol. The third-order valence-electron chi connectivity index (χ3n) is 2.77. The Labute approximate surface area is 108 Å². The highest BCUT2D eigenvalue weighted by Gasteiger charge is 2.32. The van der Waals surface area contributed by atoms with E-state index in [4.69, 9.17) is 9.84 Å². The van der Waals surface area contributed by atoms with Crippen LogP contribution in [0.2, 0.25) is 0 Å². The number of carboxylic acids is 1. The zero-order valence-electron chi connectivity index (χ0n) is 10.3. The number of benzene rings is 1. The minimum atomic E-state index is -1.15. The van der Waals surface area contributed by atoms with E-state index >= 15 is 0 Å². The first-order valence-corrected chi connectivity index (χ1v) is 5.43. The highest BCUT2D eigenvalue weighted by molar-refractivity contribution is 6.30. The fourth-order valence-corrected chi connectivity index (χ4v) is 1.81. The van der Waals surface area contributed by atoms with E-state index in [0.717, 1.165) is 4.90 Å². The summed E-state index contributed by atoms with van der Waals surface area (Å²) >= 11 is 0. The van der Waals surface area contributed by atoms with Gasteiger partial charge < -0.3 is 9.84 Å². The molecule has 0 aliphatic carbocycles. The number of carbonyl (C=O) groups excluding carboxylic acids is 2. The smallest absolute Gasteiger partial charge is 0.335 e. The summed E-state index contributed by atoms with van der Waals surface area (Å²) in [7, 11) is 1.38. The Morgan fingerprint density at radius 1 is 1.32 bits per heavy atom. The molecule has 0 radical (unpaired) electrons. The zero-order valence-corrected chi connectivity index (χ0v) is 10.3. The highest BCUT2D eigenvalue weighted by atomic mass is 16.5. The summed E-state index contributed by atoms with van der Waals surface area (Å²) in [5, 5.41) is 8.96. The van der Waals surface area contributed by atoms with Crippen LogP contribution >= 0.6 is 0 Å². The maximum atomic E-state index is 11.9. The van der Waals surface area contributed by atoms with Crippen LogP contribution in [-0.2, 0) is 9.59 Å². The number of imide groups is 1. The lowest BCUT2D eigenvalue weighted by atomic mass is 10.1. The van der Waals surface area contributed by atoms with Crippen molar-refractivity contribution >= 4 is 23.5 Å². The maximum absolute atomic E-state index is 11.9. The van der Waals surface area contributed by atoms with Gasteiger partial charge >= 0.3 is 5.97 Å². The van der Waals surface area contributed by atoms with Crippen molar-refractivity contribution in [3.05, 3.63) is 35.4 Å². The summed E-state index contributed by atoms with van der Waals surface area (Å²) in [4.78, 5) is 35.5. The van der Waals surface area contributed by atoms with E-state index in [0.29, 0.717) is 5.57 Å². The second-order valence-corrected chi connectivity index (χ2v) is 4.00. The number of hydrogen-bond acceptors (Lipinski definition) is 4. The molecule has 0 saturated carbocycles. The van der Waals surface area contributed by atoms with E-state index in [1.165, 1.54) is 38.3 Å². The third-order valence-corrected chi connectivity index (χ3v) is 2.77. The first-order valence-electron chi connectivity index (χ1n) is 5.43. The molecule has 0 bridgehead atoms.